The maximum atomic E-state index is 6.45. The molecular formula is C24H34N8O2. The number of ether oxygens (including phenoxy) is 1. The first-order chi connectivity index (χ1) is 16.6. The first-order valence-electron chi connectivity index (χ1n) is 13.0. The predicted molar refractivity (Wildman–Crippen MR) is 125 cm³/mol. The van der Waals surface area contributed by atoms with E-state index in [0.717, 1.165) is 62.8 Å². The number of piperazine rings is 1. The standard InChI is InChI=1S/C24H34N8O2/c1-24(6-7-24)34-16-4-5-18-17(12-16)21(28-27-18)19-13-20(26-14-25-19)31-8-10-32(11-9-31)23-30-29-22(33-23)15-2-3-15/h13-18,21,27-28H,2-12H2,1H3. The molecule has 2 saturated heterocycles. The Bertz CT molecular complexity index is 1030. The van der Waals surface area contributed by atoms with E-state index >= 15 is 0 Å². The van der Waals surface area contributed by atoms with Crippen molar-refractivity contribution < 1.29 is 9.15 Å². The van der Waals surface area contributed by atoms with E-state index in [4.69, 9.17) is 9.15 Å². The minimum atomic E-state index is 0.136. The van der Waals surface area contributed by atoms with Crippen molar-refractivity contribution in [2.45, 2.75) is 81.6 Å². The highest BCUT2D eigenvalue weighted by atomic mass is 16.5. The predicted octanol–water partition coefficient (Wildman–Crippen LogP) is 2.32. The number of hydrogen-bond acceptors (Lipinski definition) is 10. The smallest absolute Gasteiger partial charge is 0.318 e. The van der Waals surface area contributed by atoms with Gasteiger partial charge in [0.2, 0.25) is 5.89 Å². The summed E-state index contributed by atoms with van der Waals surface area (Å²) < 4.78 is 12.3. The number of rotatable bonds is 6. The molecule has 2 aromatic rings. The van der Waals surface area contributed by atoms with Crippen LogP contribution in [0.1, 0.15) is 75.4 Å². The molecule has 0 radical (unpaired) electrons. The summed E-state index contributed by atoms with van der Waals surface area (Å²) in [6, 6.07) is 3.49. The Kier molecular flexibility index (Phi) is 5.03. The van der Waals surface area contributed by atoms with Crippen LogP contribution in [0.4, 0.5) is 11.8 Å². The molecule has 4 heterocycles. The molecule has 34 heavy (non-hydrogen) atoms. The quantitative estimate of drug-likeness (QED) is 0.659. The number of anilines is 2. The minimum Gasteiger partial charge on any atom is -0.408 e. The van der Waals surface area contributed by atoms with Crippen molar-refractivity contribution in [2.24, 2.45) is 5.92 Å². The summed E-state index contributed by atoms with van der Waals surface area (Å²) in [6.45, 7) is 5.68. The van der Waals surface area contributed by atoms with Gasteiger partial charge in [-0.25, -0.2) is 15.4 Å². The average Bonchev–Trinajstić information content (AvgIpc) is 3.75. The van der Waals surface area contributed by atoms with Gasteiger partial charge in [0.05, 0.1) is 23.4 Å². The Labute approximate surface area is 199 Å². The van der Waals surface area contributed by atoms with Gasteiger partial charge in [-0.15, -0.1) is 5.10 Å². The second kappa shape index (κ2) is 8.13. The van der Waals surface area contributed by atoms with Gasteiger partial charge in [-0.2, -0.15) is 0 Å². The van der Waals surface area contributed by atoms with Crippen molar-refractivity contribution in [3.8, 4) is 0 Å². The maximum absolute atomic E-state index is 6.45. The van der Waals surface area contributed by atoms with Gasteiger partial charge in [0.15, 0.2) is 0 Å². The van der Waals surface area contributed by atoms with Crippen molar-refractivity contribution >= 4 is 11.8 Å². The minimum absolute atomic E-state index is 0.136. The fourth-order valence-corrected chi connectivity index (χ4v) is 5.79. The monoisotopic (exact) mass is 466 g/mol. The molecule has 10 heteroatoms. The zero-order valence-corrected chi connectivity index (χ0v) is 19.8. The zero-order valence-electron chi connectivity index (χ0n) is 19.8. The van der Waals surface area contributed by atoms with Crippen LogP contribution in [0.15, 0.2) is 16.8 Å². The number of hydrogen-bond donors (Lipinski definition) is 2. The average molecular weight is 467 g/mol. The van der Waals surface area contributed by atoms with Gasteiger partial charge in [0, 0.05) is 50.1 Å². The molecule has 10 nitrogen and oxygen atoms in total. The summed E-state index contributed by atoms with van der Waals surface area (Å²) in [4.78, 5) is 13.8. The molecule has 0 spiro atoms. The third kappa shape index (κ3) is 4.05. The Hall–Kier alpha value is -2.30. The third-order valence-corrected chi connectivity index (χ3v) is 8.33. The topological polar surface area (TPSA) is 104 Å². The molecule has 0 bridgehead atoms. The van der Waals surface area contributed by atoms with Crippen LogP contribution in [0.5, 0.6) is 0 Å². The van der Waals surface area contributed by atoms with E-state index < -0.39 is 0 Å². The van der Waals surface area contributed by atoms with Gasteiger partial charge in [0.1, 0.15) is 12.1 Å². The molecular weight excluding hydrogens is 432 g/mol. The van der Waals surface area contributed by atoms with Crippen molar-refractivity contribution in [2.75, 3.05) is 36.0 Å². The molecule has 0 aromatic carbocycles. The molecule has 5 aliphatic rings. The Morgan fingerprint density at radius 3 is 2.62 bits per heavy atom. The van der Waals surface area contributed by atoms with Crippen LogP contribution in [0.3, 0.4) is 0 Å². The Balaban J connectivity index is 1.01. The van der Waals surface area contributed by atoms with Gasteiger partial charge in [-0.05, 0) is 51.9 Å². The number of fused-ring (bicyclic) bond motifs is 1. The van der Waals surface area contributed by atoms with E-state index in [1.54, 1.807) is 6.33 Å². The second-order valence-corrected chi connectivity index (χ2v) is 11.0. The fraction of sp³-hybridized carbons (Fsp3) is 0.750. The summed E-state index contributed by atoms with van der Waals surface area (Å²) in [5, 5.41) is 8.51. The molecule has 4 atom stereocenters. The highest BCUT2D eigenvalue weighted by Crippen LogP contribution is 2.45. The zero-order chi connectivity index (χ0) is 22.7. The van der Waals surface area contributed by atoms with E-state index in [1.165, 1.54) is 25.7 Å². The van der Waals surface area contributed by atoms with Crippen molar-refractivity contribution in [1.82, 2.24) is 31.0 Å². The van der Waals surface area contributed by atoms with E-state index in [2.05, 4.69) is 53.8 Å². The van der Waals surface area contributed by atoms with Crippen LogP contribution >= 0.6 is 0 Å². The van der Waals surface area contributed by atoms with E-state index in [1.807, 2.05) is 0 Å². The number of nitrogens with zero attached hydrogens (tertiary/aromatic N) is 6. The van der Waals surface area contributed by atoms with Gasteiger partial charge >= 0.3 is 6.01 Å². The molecule has 2 N–H and O–H groups in total. The van der Waals surface area contributed by atoms with Gasteiger partial charge in [-0.1, -0.05) is 5.10 Å². The van der Waals surface area contributed by atoms with Crippen molar-refractivity contribution in [3.63, 3.8) is 0 Å². The summed E-state index contributed by atoms with van der Waals surface area (Å²) >= 11 is 0. The highest BCUT2D eigenvalue weighted by Gasteiger charge is 2.46. The summed E-state index contributed by atoms with van der Waals surface area (Å²) in [7, 11) is 0. The molecule has 3 saturated carbocycles. The number of aromatic nitrogens is 4. The van der Waals surface area contributed by atoms with Crippen molar-refractivity contribution in [3.05, 3.63) is 24.0 Å². The molecule has 7 rings (SSSR count). The maximum Gasteiger partial charge on any atom is 0.318 e. The van der Waals surface area contributed by atoms with Crippen LogP contribution in [0.25, 0.3) is 0 Å². The number of nitrogens with one attached hydrogen (secondary N) is 2. The van der Waals surface area contributed by atoms with Gasteiger partial charge in [0.25, 0.3) is 0 Å². The summed E-state index contributed by atoms with van der Waals surface area (Å²) in [5.74, 6) is 2.77. The van der Waals surface area contributed by atoms with E-state index in [9.17, 15) is 0 Å². The van der Waals surface area contributed by atoms with Crippen LogP contribution in [-0.4, -0.2) is 64.1 Å². The second-order valence-electron chi connectivity index (χ2n) is 11.0. The van der Waals surface area contributed by atoms with Crippen molar-refractivity contribution in [1.29, 1.82) is 0 Å². The highest BCUT2D eigenvalue weighted by molar-refractivity contribution is 5.43. The van der Waals surface area contributed by atoms with Crippen LogP contribution in [0, 0.1) is 5.92 Å². The van der Waals surface area contributed by atoms with E-state index in [-0.39, 0.29) is 11.6 Å². The Morgan fingerprint density at radius 1 is 1.00 bits per heavy atom. The lowest BCUT2D eigenvalue weighted by Crippen LogP contribution is -2.47. The SMILES string of the molecule is CC1(OC2CCC3NNC(c4cc(N5CCN(c6nnc(C7CC7)o6)CC5)ncn4)C3C2)CC1. The fourth-order valence-electron chi connectivity index (χ4n) is 5.79. The summed E-state index contributed by atoms with van der Waals surface area (Å²) in [6.07, 6.45) is 10.2. The molecule has 2 aromatic heterocycles. The number of hydrazine groups is 1. The summed E-state index contributed by atoms with van der Waals surface area (Å²) in [5.41, 5.74) is 8.28. The van der Waals surface area contributed by atoms with Crippen LogP contribution in [0.2, 0.25) is 0 Å². The molecule has 3 aliphatic carbocycles. The lowest BCUT2D eigenvalue weighted by atomic mass is 9.79. The first kappa shape index (κ1) is 21.0. The van der Waals surface area contributed by atoms with E-state index in [0.29, 0.717) is 30.0 Å². The normalized spacial score (nSPS) is 32.6. The third-order valence-electron chi connectivity index (χ3n) is 8.33. The van der Waals surface area contributed by atoms with Crippen LogP contribution in [-0.2, 0) is 4.74 Å². The Morgan fingerprint density at radius 2 is 1.82 bits per heavy atom. The largest absolute Gasteiger partial charge is 0.408 e. The molecule has 4 unspecified atom stereocenters. The first-order valence-corrected chi connectivity index (χ1v) is 13.0. The van der Waals surface area contributed by atoms with Gasteiger partial charge in [-0.3, -0.25) is 5.43 Å². The lowest BCUT2D eigenvalue weighted by Gasteiger charge is -2.35. The lowest BCUT2D eigenvalue weighted by molar-refractivity contribution is -0.0500. The molecule has 5 fully saturated rings. The molecule has 182 valence electrons. The molecule has 0 amide bonds. The van der Waals surface area contributed by atoms with Gasteiger partial charge < -0.3 is 19.0 Å². The molecule has 2 aliphatic heterocycles. The van der Waals surface area contributed by atoms with Crippen LogP contribution < -0.4 is 20.7 Å².